The maximum Gasteiger partial charge on any atom is 0.0550 e. The van der Waals surface area contributed by atoms with Crippen LogP contribution in [0.25, 0.3) is 33.0 Å². The summed E-state index contributed by atoms with van der Waals surface area (Å²) in [6, 6.07) is 40.8. The molecule has 5 aromatic carbocycles. The van der Waals surface area contributed by atoms with Gasteiger partial charge in [-0.25, -0.2) is 0 Å². The van der Waals surface area contributed by atoms with Crippen LogP contribution in [0.3, 0.4) is 0 Å². The zero-order chi connectivity index (χ0) is 22.6. The first kappa shape index (κ1) is 21.0. The number of hydrogen-bond donors (Lipinski definition) is 1. The van der Waals surface area contributed by atoms with Crippen molar-refractivity contribution in [2.45, 2.75) is 6.54 Å². The number of fused-ring (bicyclic) bond motifs is 1. The van der Waals surface area contributed by atoms with E-state index in [2.05, 4.69) is 140 Å². The predicted octanol–water partition coefficient (Wildman–Crippen LogP) is 7.98. The molecule has 0 bridgehead atoms. The SMILES string of the molecule is CN(C)Cc1c(-c2ccccc2)c(-c2ccccc2)c(Nc2ccccc2)c2ccccc12. The van der Waals surface area contributed by atoms with Gasteiger partial charge < -0.3 is 10.2 Å². The number of nitrogens with zero attached hydrogens (tertiary/aromatic N) is 1. The van der Waals surface area contributed by atoms with Crippen LogP contribution in [0, 0.1) is 0 Å². The zero-order valence-corrected chi connectivity index (χ0v) is 19.1. The summed E-state index contributed by atoms with van der Waals surface area (Å²) >= 11 is 0. The van der Waals surface area contributed by atoms with Crippen molar-refractivity contribution in [3.8, 4) is 22.3 Å². The van der Waals surface area contributed by atoms with E-state index < -0.39 is 0 Å². The third-order valence-corrected chi connectivity index (χ3v) is 5.97. The molecule has 2 heteroatoms. The molecule has 0 atom stereocenters. The Morgan fingerprint density at radius 2 is 1.03 bits per heavy atom. The lowest BCUT2D eigenvalue weighted by Crippen LogP contribution is -2.13. The van der Waals surface area contributed by atoms with Crippen LogP contribution < -0.4 is 5.32 Å². The van der Waals surface area contributed by atoms with Gasteiger partial charge in [-0.2, -0.15) is 0 Å². The highest BCUT2D eigenvalue weighted by atomic mass is 15.0. The van der Waals surface area contributed by atoms with Crippen molar-refractivity contribution in [1.29, 1.82) is 0 Å². The second kappa shape index (κ2) is 9.32. The molecule has 0 amide bonds. The highest BCUT2D eigenvalue weighted by Gasteiger charge is 2.22. The summed E-state index contributed by atoms with van der Waals surface area (Å²) in [6.07, 6.45) is 0. The van der Waals surface area contributed by atoms with Crippen LogP contribution >= 0.6 is 0 Å². The Morgan fingerprint density at radius 1 is 0.545 bits per heavy atom. The normalized spacial score (nSPS) is 11.1. The Kier molecular flexibility index (Phi) is 5.93. The summed E-state index contributed by atoms with van der Waals surface area (Å²) in [5.74, 6) is 0. The number of anilines is 2. The smallest absolute Gasteiger partial charge is 0.0550 e. The van der Waals surface area contributed by atoms with E-state index in [0.29, 0.717) is 0 Å². The topological polar surface area (TPSA) is 15.3 Å². The minimum atomic E-state index is 0.857. The van der Waals surface area contributed by atoms with E-state index in [0.717, 1.165) is 17.9 Å². The van der Waals surface area contributed by atoms with Gasteiger partial charge in [0.2, 0.25) is 0 Å². The fourth-order valence-electron chi connectivity index (χ4n) is 4.60. The second-order valence-electron chi connectivity index (χ2n) is 8.61. The number of rotatable bonds is 6. The molecule has 0 aromatic heterocycles. The van der Waals surface area contributed by atoms with Crippen LogP contribution in [0.5, 0.6) is 0 Å². The molecule has 0 heterocycles. The highest BCUT2D eigenvalue weighted by molar-refractivity contribution is 6.11. The largest absolute Gasteiger partial charge is 0.354 e. The molecule has 0 spiro atoms. The molecule has 0 aliphatic rings. The van der Waals surface area contributed by atoms with Gasteiger partial charge in [-0.05, 0) is 53.9 Å². The molecule has 33 heavy (non-hydrogen) atoms. The molecule has 0 unspecified atom stereocenters. The van der Waals surface area contributed by atoms with Crippen molar-refractivity contribution >= 4 is 22.1 Å². The molecule has 0 saturated heterocycles. The van der Waals surface area contributed by atoms with Gasteiger partial charge >= 0.3 is 0 Å². The zero-order valence-electron chi connectivity index (χ0n) is 19.1. The van der Waals surface area contributed by atoms with Crippen molar-refractivity contribution in [3.63, 3.8) is 0 Å². The Bertz CT molecular complexity index is 1360. The first-order valence-corrected chi connectivity index (χ1v) is 11.4. The average molecular weight is 429 g/mol. The lowest BCUT2D eigenvalue weighted by molar-refractivity contribution is 0.404. The lowest BCUT2D eigenvalue weighted by Gasteiger charge is -2.25. The van der Waals surface area contributed by atoms with Gasteiger partial charge in [0.05, 0.1) is 5.69 Å². The van der Waals surface area contributed by atoms with Crippen molar-refractivity contribution in [2.24, 2.45) is 0 Å². The van der Waals surface area contributed by atoms with Crippen LogP contribution in [0.4, 0.5) is 11.4 Å². The van der Waals surface area contributed by atoms with E-state index in [1.165, 1.54) is 38.6 Å². The van der Waals surface area contributed by atoms with Crippen molar-refractivity contribution < 1.29 is 0 Å². The Hall–Kier alpha value is -3.88. The van der Waals surface area contributed by atoms with Gasteiger partial charge in [-0.3, -0.25) is 0 Å². The van der Waals surface area contributed by atoms with Gasteiger partial charge in [0.25, 0.3) is 0 Å². The number of hydrogen-bond acceptors (Lipinski definition) is 2. The molecule has 0 fully saturated rings. The average Bonchev–Trinajstić information content (AvgIpc) is 2.86. The first-order chi connectivity index (χ1) is 16.2. The molecular weight excluding hydrogens is 400 g/mol. The second-order valence-corrected chi connectivity index (χ2v) is 8.61. The van der Waals surface area contributed by atoms with Crippen LogP contribution in [0.15, 0.2) is 115 Å². The first-order valence-electron chi connectivity index (χ1n) is 11.4. The third kappa shape index (κ3) is 4.26. The minimum absolute atomic E-state index is 0.857. The van der Waals surface area contributed by atoms with Gasteiger partial charge in [0.1, 0.15) is 0 Å². The molecule has 162 valence electrons. The van der Waals surface area contributed by atoms with E-state index in [9.17, 15) is 0 Å². The van der Waals surface area contributed by atoms with E-state index in [1.807, 2.05) is 0 Å². The molecule has 0 saturated carbocycles. The molecule has 0 aliphatic carbocycles. The Balaban J connectivity index is 1.94. The van der Waals surface area contributed by atoms with Gasteiger partial charge in [-0.15, -0.1) is 0 Å². The number of para-hydroxylation sites is 1. The van der Waals surface area contributed by atoms with Gasteiger partial charge in [0.15, 0.2) is 0 Å². The van der Waals surface area contributed by atoms with E-state index in [4.69, 9.17) is 0 Å². The monoisotopic (exact) mass is 428 g/mol. The fraction of sp³-hybridized carbons (Fsp3) is 0.0968. The number of benzene rings is 5. The maximum absolute atomic E-state index is 3.79. The minimum Gasteiger partial charge on any atom is -0.354 e. The maximum atomic E-state index is 3.79. The fourth-order valence-corrected chi connectivity index (χ4v) is 4.60. The molecule has 5 aromatic rings. The molecule has 0 radical (unpaired) electrons. The van der Waals surface area contributed by atoms with E-state index in [1.54, 1.807) is 0 Å². The van der Waals surface area contributed by atoms with Crippen LogP contribution in [0.2, 0.25) is 0 Å². The Morgan fingerprint density at radius 3 is 1.61 bits per heavy atom. The van der Waals surface area contributed by atoms with Crippen molar-refractivity contribution in [3.05, 3.63) is 121 Å². The van der Waals surface area contributed by atoms with Crippen molar-refractivity contribution in [1.82, 2.24) is 4.90 Å². The summed E-state index contributed by atoms with van der Waals surface area (Å²) in [7, 11) is 4.28. The quantitative estimate of drug-likeness (QED) is 0.295. The summed E-state index contributed by atoms with van der Waals surface area (Å²) in [5, 5.41) is 6.30. The summed E-state index contributed by atoms with van der Waals surface area (Å²) < 4.78 is 0. The van der Waals surface area contributed by atoms with Crippen LogP contribution in [-0.4, -0.2) is 19.0 Å². The summed E-state index contributed by atoms with van der Waals surface area (Å²) in [6.45, 7) is 0.857. The van der Waals surface area contributed by atoms with Gasteiger partial charge in [-0.1, -0.05) is 103 Å². The Labute approximate surface area is 196 Å². The van der Waals surface area contributed by atoms with Crippen molar-refractivity contribution in [2.75, 3.05) is 19.4 Å². The van der Waals surface area contributed by atoms with E-state index in [-0.39, 0.29) is 0 Å². The standard InChI is InChI=1S/C31H28N2/c1-33(2)22-28-26-20-12-13-21-27(26)31(32-25-18-10-5-11-19-25)30(24-16-8-4-9-17-24)29(28)23-14-6-3-7-15-23/h3-21,32H,22H2,1-2H3. The predicted molar refractivity (Wildman–Crippen MR) is 142 cm³/mol. The molecule has 2 nitrogen and oxygen atoms in total. The highest BCUT2D eigenvalue weighted by Crippen LogP contribution is 2.47. The molecule has 1 N–H and O–H groups in total. The van der Waals surface area contributed by atoms with Crippen LogP contribution in [0.1, 0.15) is 5.56 Å². The molecule has 5 rings (SSSR count). The molecular formula is C31H28N2. The summed E-state index contributed by atoms with van der Waals surface area (Å²) in [4.78, 5) is 2.26. The van der Waals surface area contributed by atoms with Gasteiger partial charge in [0, 0.05) is 23.2 Å². The molecule has 0 aliphatic heterocycles. The number of nitrogens with one attached hydrogen (secondary N) is 1. The third-order valence-electron chi connectivity index (χ3n) is 5.97. The van der Waals surface area contributed by atoms with Crippen LogP contribution in [-0.2, 0) is 6.54 Å². The van der Waals surface area contributed by atoms with E-state index >= 15 is 0 Å². The lowest BCUT2D eigenvalue weighted by atomic mass is 9.84. The summed E-state index contributed by atoms with van der Waals surface area (Å²) in [5.41, 5.74) is 8.53.